The van der Waals surface area contributed by atoms with Crippen molar-refractivity contribution in [2.75, 3.05) is 0 Å². The number of hydrogen-bond donors (Lipinski definition) is 2. The van der Waals surface area contributed by atoms with Gasteiger partial charge in [-0.3, -0.25) is 10.5 Å². The first kappa shape index (κ1) is 10.4. The van der Waals surface area contributed by atoms with Crippen LogP contribution in [-0.2, 0) is 9.78 Å². The fourth-order valence-electron chi connectivity index (χ4n) is 0.440. The maximum absolute atomic E-state index is 8.21. The second-order valence-electron chi connectivity index (χ2n) is 2.04. The monoisotopic (exact) mass is 160 g/mol. The summed E-state index contributed by atoms with van der Waals surface area (Å²) < 4.78 is 0. The van der Waals surface area contributed by atoms with Crippen LogP contribution in [0.25, 0.3) is 0 Å². The smallest absolute Gasteiger partial charge is 0.153 e. The lowest BCUT2D eigenvalue weighted by molar-refractivity contribution is -0.264. The first-order valence-corrected chi connectivity index (χ1v) is 3.36. The van der Waals surface area contributed by atoms with Gasteiger partial charge < -0.3 is 0 Å². The summed E-state index contributed by atoms with van der Waals surface area (Å²) in [5.41, 5.74) is 0. The van der Waals surface area contributed by atoms with Gasteiger partial charge in [0.15, 0.2) is 12.2 Å². The quantitative estimate of drug-likeness (QED) is 0.369. The van der Waals surface area contributed by atoms with E-state index in [4.69, 9.17) is 10.5 Å². The molecule has 0 saturated carbocycles. The van der Waals surface area contributed by atoms with E-state index in [-0.39, 0.29) is 0 Å². The van der Waals surface area contributed by atoms with E-state index in [1.807, 2.05) is 6.92 Å². The van der Waals surface area contributed by atoms with E-state index in [9.17, 15) is 0 Å². The predicted molar refractivity (Wildman–Crippen MR) is 38.7 cm³/mol. The maximum atomic E-state index is 8.21. The molecule has 4 heteroatoms. The normalized spacial score (nSPS) is 14.9. The molecule has 0 amide bonds. The van der Waals surface area contributed by atoms with Crippen molar-refractivity contribution >= 4 is 0 Å². The van der Waals surface area contributed by atoms with Gasteiger partial charge in [0.25, 0.3) is 0 Å². The van der Waals surface area contributed by atoms with E-state index < -0.39 is 12.2 Å². The molecule has 0 aliphatic rings. The van der Waals surface area contributed by atoms with Crippen molar-refractivity contribution in [3.63, 3.8) is 0 Å². The van der Waals surface area contributed by atoms with E-state index in [0.717, 1.165) is 0 Å². The molecule has 11 heavy (non-hydrogen) atoms. The standard InChI is InChI=1S/C7H12O4/c1-3-7(11-9)5-4-6(2)10-8/h6-9H,3H2,1-2H3. The molecule has 0 aliphatic heterocycles. The summed E-state index contributed by atoms with van der Waals surface area (Å²) in [4.78, 5) is 7.86. The molecule has 0 aromatic rings. The lowest BCUT2D eigenvalue weighted by Crippen LogP contribution is -2.08. The third-order valence-corrected chi connectivity index (χ3v) is 1.10. The molecular formula is C7H12O4. The Kier molecular flexibility index (Phi) is 5.80. The zero-order valence-corrected chi connectivity index (χ0v) is 6.57. The highest BCUT2D eigenvalue weighted by molar-refractivity contribution is 5.08. The molecule has 0 heterocycles. The van der Waals surface area contributed by atoms with Crippen molar-refractivity contribution in [1.82, 2.24) is 0 Å². The van der Waals surface area contributed by atoms with Crippen LogP contribution in [0.5, 0.6) is 0 Å². The molecule has 0 aromatic carbocycles. The summed E-state index contributed by atoms with van der Waals surface area (Å²) >= 11 is 0. The van der Waals surface area contributed by atoms with Crippen molar-refractivity contribution in [3.8, 4) is 11.8 Å². The molecule has 0 saturated heterocycles. The van der Waals surface area contributed by atoms with Gasteiger partial charge in [0, 0.05) is 0 Å². The second-order valence-corrected chi connectivity index (χ2v) is 2.04. The van der Waals surface area contributed by atoms with Crippen molar-refractivity contribution in [1.29, 1.82) is 0 Å². The third-order valence-electron chi connectivity index (χ3n) is 1.10. The van der Waals surface area contributed by atoms with Crippen LogP contribution < -0.4 is 0 Å². The van der Waals surface area contributed by atoms with Crippen LogP contribution in [0.15, 0.2) is 0 Å². The lowest BCUT2D eigenvalue weighted by Gasteiger charge is -2.01. The fraction of sp³-hybridized carbons (Fsp3) is 0.714. The van der Waals surface area contributed by atoms with E-state index in [2.05, 4.69) is 21.6 Å². The first-order chi connectivity index (χ1) is 5.24. The van der Waals surface area contributed by atoms with Gasteiger partial charge in [-0.05, 0) is 13.3 Å². The summed E-state index contributed by atoms with van der Waals surface area (Å²) in [7, 11) is 0. The zero-order valence-electron chi connectivity index (χ0n) is 6.57. The van der Waals surface area contributed by atoms with E-state index >= 15 is 0 Å². The van der Waals surface area contributed by atoms with Crippen LogP contribution in [0.3, 0.4) is 0 Å². The summed E-state index contributed by atoms with van der Waals surface area (Å²) in [5, 5.41) is 16.3. The molecule has 2 atom stereocenters. The van der Waals surface area contributed by atoms with Crippen LogP contribution in [-0.4, -0.2) is 22.7 Å². The van der Waals surface area contributed by atoms with Crippen molar-refractivity contribution < 1.29 is 20.3 Å². The minimum absolute atomic E-state index is 0.507. The van der Waals surface area contributed by atoms with Crippen LogP contribution in [0.1, 0.15) is 20.3 Å². The van der Waals surface area contributed by atoms with Gasteiger partial charge in [0.05, 0.1) is 0 Å². The van der Waals surface area contributed by atoms with E-state index in [0.29, 0.717) is 6.42 Å². The number of rotatable bonds is 3. The summed E-state index contributed by atoms with van der Waals surface area (Å²) in [6.45, 7) is 3.40. The Labute approximate surface area is 65.6 Å². The third kappa shape index (κ3) is 4.76. The fourth-order valence-corrected chi connectivity index (χ4v) is 0.440. The van der Waals surface area contributed by atoms with Gasteiger partial charge in [-0.15, -0.1) is 0 Å². The Morgan fingerprint density at radius 3 is 2.27 bits per heavy atom. The Hall–Kier alpha value is -0.600. The average Bonchev–Trinajstić information content (AvgIpc) is 2.06. The topological polar surface area (TPSA) is 58.9 Å². The Morgan fingerprint density at radius 2 is 1.91 bits per heavy atom. The highest BCUT2D eigenvalue weighted by atomic mass is 17.1. The molecule has 2 unspecified atom stereocenters. The molecule has 0 spiro atoms. The molecule has 0 rings (SSSR count). The summed E-state index contributed by atoms with van der Waals surface area (Å²) in [6, 6.07) is 0. The van der Waals surface area contributed by atoms with Crippen molar-refractivity contribution in [3.05, 3.63) is 0 Å². The molecule has 2 N–H and O–H groups in total. The molecule has 0 fully saturated rings. The van der Waals surface area contributed by atoms with Gasteiger partial charge in [-0.2, -0.15) is 0 Å². The van der Waals surface area contributed by atoms with Crippen molar-refractivity contribution in [2.24, 2.45) is 0 Å². The Balaban J connectivity index is 3.82. The predicted octanol–water partition coefficient (Wildman–Crippen LogP) is 1.14. The first-order valence-electron chi connectivity index (χ1n) is 3.36. The summed E-state index contributed by atoms with van der Waals surface area (Å²) in [6.07, 6.45) is -0.478. The molecule has 4 nitrogen and oxygen atoms in total. The van der Waals surface area contributed by atoms with Crippen LogP contribution >= 0.6 is 0 Å². The molecule has 64 valence electrons. The van der Waals surface area contributed by atoms with Crippen LogP contribution in [0.2, 0.25) is 0 Å². The highest BCUT2D eigenvalue weighted by Gasteiger charge is 2.00. The zero-order chi connectivity index (χ0) is 8.69. The molecular weight excluding hydrogens is 148 g/mol. The Morgan fingerprint density at radius 1 is 1.27 bits per heavy atom. The van der Waals surface area contributed by atoms with Gasteiger partial charge in [-0.1, -0.05) is 18.8 Å². The van der Waals surface area contributed by atoms with Gasteiger partial charge in [-0.25, -0.2) is 9.78 Å². The molecule has 0 radical (unpaired) electrons. The number of hydrogen-bond acceptors (Lipinski definition) is 4. The molecule has 0 bridgehead atoms. The molecule has 0 aliphatic carbocycles. The summed E-state index contributed by atoms with van der Waals surface area (Å²) in [5.74, 6) is 5.09. The van der Waals surface area contributed by atoms with Gasteiger partial charge in [0.1, 0.15) is 0 Å². The molecule has 0 aromatic heterocycles. The largest absolute Gasteiger partial charge is 0.251 e. The van der Waals surface area contributed by atoms with E-state index in [1.54, 1.807) is 6.92 Å². The maximum Gasteiger partial charge on any atom is 0.153 e. The minimum Gasteiger partial charge on any atom is -0.251 e. The Bertz CT molecular complexity index is 142. The SMILES string of the molecule is CCC(C#CC(C)OO)OO. The van der Waals surface area contributed by atoms with Gasteiger partial charge in [0.2, 0.25) is 0 Å². The van der Waals surface area contributed by atoms with Crippen LogP contribution in [0, 0.1) is 11.8 Å². The van der Waals surface area contributed by atoms with Crippen molar-refractivity contribution in [2.45, 2.75) is 32.5 Å². The van der Waals surface area contributed by atoms with E-state index in [1.165, 1.54) is 0 Å². The van der Waals surface area contributed by atoms with Gasteiger partial charge >= 0.3 is 0 Å². The van der Waals surface area contributed by atoms with Crippen LogP contribution in [0.4, 0.5) is 0 Å². The average molecular weight is 160 g/mol. The highest BCUT2D eigenvalue weighted by Crippen LogP contribution is 1.93. The lowest BCUT2D eigenvalue weighted by atomic mass is 10.2. The minimum atomic E-state index is -0.556. The second kappa shape index (κ2) is 6.13.